The highest BCUT2D eigenvalue weighted by atomic mass is 16.4. The number of carboxylic acid groups (broad SMARTS) is 1. The molecule has 1 rings (SSSR count). The van der Waals surface area contributed by atoms with Crippen molar-refractivity contribution < 1.29 is 15.0 Å². The van der Waals surface area contributed by atoms with E-state index in [1.165, 1.54) is 0 Å². The first-order valence-corrected chi connectivity index (χ1v) is 3.77. The number of carboxylic acids is 1. The molecule has 11 heavy (non-hydrogen) atoms. The van der Waals surface area contributed by atoms with Gasteiger partial charge in [-0.2, -0.15) is 0 Å². The van der Waals surface area contributed by atoms with Crippen molar-refractivity contribution in [1.82, 2.24) is 0 Å². The maximum Gasteiger partial charge on any atom is 0.306 e. The zero-order valence-electron chi connectivity index (χ0n) is 6.23. The van der Waals surface area contributed by atoms with Crippen molar-refractivity contribution in [2.75, 3.05) is 0 Å². The van der Waals surface area contributed by atoms with Gasteiger partial charge in [-0.25, -0.2) is 0 Å². The van der Waals surface area contributed by atoms with Gasteiger partial charge in [0.15, 0.2) is 0 Å². The van der Waals surface area contributed by atoms with E-state index in [1.54, 1.807) is 0 Å². The zero-order valence-corrected chi connectivity index (χ0v) is 6.23. The molecule has 0 spiro atoms. The smallest absolute Gasteiger partial charge is 0.306 e. The zero-order chi connectivity index (χ0) is 8.43. The fourth-order valence-corrected chi connectivity index (χ4v) is 1.41. The second-order valence-electron chi connectivity index (χ2n) is 3.08. The van der Waals surface area contributed by atoms with Crippen LogP contribution in [0.15, 0.2) is 0 Å². The molecule has 0 amide bonds. The monoisotopic (exact) mass is 159 g/mol. The third kappa shape index (κ3) is 1.91. The van der Waals surface area contributed by atoms with Crippen molar-refractivity contribution in [1.29, 1.82) is 0 Å². The van der Waals surface area contributed by atoms with Crippen LogP contribution in [0.1, 0.15) is 19.3 Å². The summed E-state index contributed by atoms with van der Waals surface area (Å²) in [6.45, 7) is 0. The van der Waals surface area contributed by atoms with Gasteiger partial charge < -0.3 is 15.9 Å². The molecule has 0 saturated heterocycles. The van der Waals surface area contributed by atoms with E-state index in [0.29, 0.717) is 19.3 Å². The second-order valence-corrected chi connectivity index (χ2v) is 3.08. The maximum absolute atomic E-state index is 10.5. The molecular formula is C7H13NO3. The van der Waals surface area contributed by atoms with Crippen LogP contribution >= 0.6 is 0 Å². The van der Waals surface area contributed by atoms with Crippen LogP contribution in [0.2, 0.25) is 0 Å². The lowest BCUT2D eigenvalue weighted by Crippen LogP contribution is -2.42. The molecule has 1 fully saturated rings. The van der Waals surface area contributed by atoms with E-state index in [2.05, 4.69) is 0 Å². The molecule has 0 heterocycles. The lowest BCUT2D eigenvalue weighted by molar-refractivity contribution is -0.143. The third-order valence-electron chi connectivity index (χ3n) is 2.21. The summed E-state index contributed by atoms with van der Waals surface area (Å²) in [4.78, 5) is 10.5. The first-order valence-electron chi connectivity index (χ1n) is 3.77. The minimum atomic E-state index is -0.799. The largest absolute Gasteiger partial charge is 0.481 e. The molecule has 4 heteroatoms. The molecule has 1 aliphatic rings. The molecule has 0 aromatic heterocycles. The fourth-order valence-electron chi connectivity index (χ4n) is 1.41. The molecule has 0 bridgehead atoms. The Labute approximate surface area is 65.0 Å². The van der Waals surface area contributed by atoms with Gasteiger partial charge in [-0.15, -0.1) is 0 Å². The highest BCUT2D eigenvalue weighted by Crippen LogP contribution is 2.23. The number of nitrogens with two attached hydrogens (primary N) is 1. The summed E-state index contributed by atoms with van der Waals surface area (Å²) in [5.41, 5.74) is 5.49. The van der Waals surface area contributed by atoms with Gasteiger partial charge in [-0.05, 0) is 19.3 Å². The number of aliphatic hydroxyl groups is 1. The fraction of sp³-hybridized carbons (Fsp3) is 0.857. The minimum absolute atomic E-state index is 0.353. The van der Waals surface area contributed by atoms with E-state index in [4.69, 9.17) is 15.9 Å². The normalized spacial score (nSPS) is 38.5. The summed E-state index contributed by atoms with van der Waals surface area (Å²) in [5.74, 6) is -1.15. The van der Waals surface area contributed by atoms with Crippen LogP contribution in [0.5, 0.6) is 0 Å². The Morgan fingerprint density at radius 3 is 2.55 bits per heavy atom. The van der Waals surface area contributed by atoms with Crippen LogP contribution in [0.4, 0.5) is 0 Å². The van der Waals surface area contributed by atoms with E-state index >= 15 is 0 Å². The summed E-state index contributed by atoms with van der Waals surface area (Å²) in [6.07, 6.45) is 0.948. The summed E-state index contributed by atoms with van der Waals surface area (Å²) in [5, 5.41) is 17.8. The molecule has 0 unspecified atom stereocenters. The van der Waals surface area contributed by atoms with Crippen molar-refractivity contribution in [3.05, 3.63) is 0 Å². The number of carbonyl (C=O) groups is 1. The Balaban J connectivity index is 2.46. The van der Waals surface area contributed by atoms with Crippen molar-refractivity contribution in [3.63, 3.8) is 0 Å². The van der Waals surface area contributed by atoms with Gasteiger partial charge >= 0.3 is 5.97 Å². The van der Waals surface area contributed by atoms with Gasteiger partial charge in [0.2, 0.25) is 0 Å². The Morgan fingerprint density at radius 2 is 2.09 bits per heavy atom. The third-order valence-corrected chi connectivity index (χ3v) is 2.21. The summed E-state index contributed by atoms with van der Waals surface area (Å²) in [7, 11) is 0. The van der Waals surface area contributed by atoms with E-state index in [-0.39, 0.29) is 12.0 Å². The molecule has 1 aliphatic carbocycles. The average molecular weight is 159 g/mol. The highest BCUT2D eigenvalue weighted by Gasteiger charge is 2.30. The van der Waals surface area contributed by atoms with Crippen LogP contribution in [0, 0.1) is 5.92 Å². The van der Waals surface area contributed by atoms with E-state index < -0.39 is 12.1 Å². The van der Waals surface area contributed by atoms with E-state index in [9.17, 15) is 4.79 Å². The molecule has 0 aromatic rings. The molecule has 4 nitrogen and oxygen atoms in total. The topological polar surface area (TPSA) is 83.6 Å². The number of hydrogen-bond acceptors (Lipinski definition) is 3. The molecule has 64 valence electrons. The SMILES string of the molecule is N[C@H]1C[C@H](C(=O)O)CC[C@@H]1O. The lowest BCUT2D eigenvalue weighted by Gasteiger charge is -2.28. The predicted octanol–water partition coefficient (Wildman–Crippen LogP) is -0.441. The Hall–Kier alpha value is -0.610. The Morgan fingerprint density at radius 1 is 1.45 bits per heavy atom. The van der Waals surface area contributed by atoms with Gasteiger partial charge in [-0.3, -0.25) is 4.79 Å². The minimum Gasteiger partial charge on any atom is -0.481 e. The molecule has 0 radical (unpaired) electrons. The first-order chi connectivity index (χ1) is 5.11. The standard InChI is InChI=1S/C7H13NO3/c8-5-3-4(7(10)11)1-2-6(5)9/h4-6,9H,1-3,8H2,(H,10,11)/t4-,5+,6+/m1/s1. The van der Waals surface area contributed by atoms with Crippen LogP contribution < -0.4 is 5.73 Å². The van der Waals surface area contributed by atoms with Crippen LogP contribution in [-0.2, 0) is 4.79 Å². The average Bonchev–Trinajstić information content (AvgIpc) is 1.94. The van der Waals surface area contributed by atoms with E-state index in [0.717, 1.165) is 0 Å². The van der Waals surface area contributed by atoms with Crippen molar-refractivity contribution in [3.8, 4) is 0 Å². The quantitative estimate of drug-likeness (QED) is 0.484. The van der Waals surface area contributed by atoms with Crippen molar-refractivity contribution in [2.45, 2.75) is 31.4 Å². The Bertz CT molecular complexity index is 160. The van der Waals surface area contributed by atoms with Gasteiger partial charge in [-0.1, -0.05) is 0 Å². The predicted molar refractivity (Wildman–Crippen MR) is 39.0 cm³/mol. The van der Waals surface area contributed by atoms with Gasteiger partial charge in [0.1, 0.15) is 0 Å². The van der Waals surface area contributed by atoms with Gasteiger partial charge in [0.25, 0.3) is 0 Å². The van der Waals surface area contributed by atoms with E-state index in [1.807, 2.05) is 0 Å². The lowest BCUT2D eigenvalue weighted by atomic mass is 9.84. The van der Waals surface area contributed by atoms with Crippen molar-refractivity contribution >= 4 is 5.97 Å². The van der Waals surface area contributed by atoms with Crippen LogP contribution in [0.3, 0.4) is 0 Å². The summed E-state index contributed by atoms with van der Waals surface area (Å²) < 4.78 is 0. The van der Waals surface area contributed by atoms with Crippen molar-refractivity contribution in [2.24, 2.45) is 11.7 Å². The maximum atomic E-state index is 10.5. The van der Waals surface area contributed by atoms with Crippen LogP contribution in [-0.4, -0.2) is 28.3 Å². The van der Waals surface area contributed by atoms with Gasteiger partial charge in [0.05, 0.1) is 12.0 Å². The number of rotatable bonds is 1. The number of aliphatic carboxylic acids is 1. The van der Waals surface area contributed by atoms with Gasteiger partial charge in [0, 0.05) is 6.04 Å². The first kappa shape index (κ1) is 8.49. The molecule has 3 atom stereocenters. The summed E-state index contributed by atoms with van der Waals surface area (Å²) >= 11 is 0. The molecule has 0 aromatic carbocycles. The number of hydrogen-bond donors (Lipinski definition) is 3. The number of aliphatic hydroxyl groups excluding tert-OH is 1. The molecule has 0 aliphatic heterocycles. The highest BCUT2D eigenvalue weighted by molar-refractivity contribution is 5.70. The molecule has 4 N–H and O–H groups in total. The Kier molecular flexibility index (Phi) is 2.46. The molecular weight excluding hydrogens is 146 g/mol. The second kappa shape index (κ2) is 3.19. The molecule has 1 saturated carbocycles. The van der Waals surface area contributed by atoms with Crippen LogP contribution in [0.25, 0.3) is 0 Å². The summed E-state index contributed by atoms with van der Waals surface area (Å²) in [6, 6.07) is -0.357.